The highest BCUT2D eigenvalue weighted by molar-refractivity contribution is 5.96. The smallest absolute Gasteiger partial charge is 0.255 e. The average Bonchev–Trinajstić information content (AvgIpc) is 2.90. The van der Waals surface area contributed by atoms with Crippen LogP contribution in [-0.2, 0) is 20.9 Å². The van der Waals surface area contributed by atoms with Crippen molar-refractivity contribution in [2.75, 3.05) is 38.1 Å². The van der Waals surface area contributed by atoms with Crippen molar-refractivity contribution in [3.05, 3.63) is 66.5 Å². The van der Waals surface area contributed by atoms with E-state index in [1.165, 1.54) is 5.56 Å². The molecule has 2 aliphatic rings. The molecule has 5 rings (SSSR count). The summed E-state index contributed by atoms with van der Waals surface area (Å²) in [5, 5.41) is 2.90. The molecule has 1 atom stereocenters. The van der Waals surface area contributed by atoms with Crippen molar-refractivity contribution in [3.63, 3.8) is 0 Å². The lowest BCUT2D eigenvalue weighted by molar-refractivity contribution is -0.154. The van der Waals surface area contributed by atoms with E-state index in [0.717, 1.165) is 38.0 Å². The van der Waals surface area contributed by atoms with Gasteiger partial charge in [-0.05, 0) is 49.7 Å². The SMILES string of the molecule is CC1(C(=O)N2CCO[C@@H](C(=O)Nc3ccc4nccnc4c3)C2)CCN(Cc2ccccc2)CC1. The summed E-state index contributed by atoms with van der Waals surface area (Å²) in [5.41, 5.74) is 2.98. The van der Waals surface area contributed by atoms with Crippen LogP contribution >= 0.6 is 0 Å². The minimum absolute atomic E-state index is 0.124. The molecule has 8 heteroatoms. The number of amides is 2. The first kappa shape index (κ1) is 23.4. The summed E-state index contributed by atoms with van der Waals surface area (Å²) in [6.07, 6.45) is 4.17. The molecule has 2 fully saturated rings. The van der Waals surface area contributed by atoms with Crippen LogP contribution in [0, 0.1) is 5.41 Å². The van der Waals surface area contributed by atoms with E-state index >= 15 is 0 Å². The fraction of sp³-hybridized carbons (Fsp3) is 0.407. The molecular weight excluding hydrogens is 442 g/mol. The molecule has 0 spiro atoms. The Morgan fingerprint density at radius 2 is 1.77 bits per heavy atom. The van der Waals surface area contributed by atoms with E-state index in [9.17, 15) is 9.59 Å². The van der Waals surface area contributed by atoms with Gasteiger partial charge in [0.2, 0.25) is 5.91 Å². The number of ether oxygens (including phenoxy) is 1. The zero-order valence-corrected chi connectivity index (χ0v) is 20.0. The molecule has 182 valence electrons. The molecule has 2 amide bonds. The number of benzene rings is 2. The Hall–Kier alpha value is -3.36. The number of morpholine rings is 1. The van der Waals surface area contributed by atoms with Gasteiger partial charge in [-0.25, -0.2) is 0 Å². The number of rotatable bonds is 5. The molecule has 0 bridgehead atoms. The lowest BCUT2D eigenvalue weighted by Crippen LogP contribution is -2.55. The lowest BCUT2D eigenvalue weighted by Gasteiger charge is -2.43. The first-order chi connectivity index (χ1) is 17.0. The highest BCUT2D eigenvalue weighted by Crippen LogP contribution is 2.34. The molecule has 0 radical (unpaired) electrons. The number of fused-ring (bicyclic) bond motifs is 1. The van der Waals surface area contributed by atoms with Gasteiger partial charge in [-0.3, -0.25) is 24.5 Å². The summed E-state index contributed by atoms with van der Waals surface area (Å²) in [6.45, 7) is 5.87. The maximum Gasteiger partial charge on any atom is 0.255 e. The number of hydrogen-bond donors (Lipinski definition) is 1. The van der Waals surface area contributed by atoms with Gasteiger partial charge in [0, 0.05) is 36.6 Å². The molecule has 2 aliphatic heterocycles. The fourth-order valence-electron chi connectivity index (χ4n) is 4.90. The van der Waals surface area contributed by atoms with Crippen LogP contribution in [0.3, 0.4) is 0 Å². The topological polar surface area (TPSA) is 87.7 Å². The minimum atomic E-state index is -0.702. The van der Waals surface area contributed by atoms with Crippen molar-refractivity contribution in [3.8, 4) is 0 Å². The third kappa shape index (κ3) is 5.33. The summed E-state index contributed by atoms with van der Waals surface area (Å²) in [5.74, 6) is -0.132. The normalized spacial score (nSPS) is 20.5. The van der Waals surface area contributed by atoms with Crippen molar-refractivity contribution in [2.24, 2.45) is 5.41 Å². The van der Waals surface area contributed by atoms with Crippen LogP contribution in [0.1, 0.15) is 25.3 Å². The van der Waals surface area contributed by atoms with E-state index in [2.05, 4.69) is 51.4 Å². The van der Waals surface area contributed by atoms with Gasteiger partial charge in [0.1, 0.15) is 0 Å². The Bertz CT molecular complexity index is 1190. The van der Waals surface area contributed by atoms with Crippen LogP contribution in [0.25, 0.3) is 11.0 Å². The molecule has 3 aromatic rings. The molecular formula is C27H31N5O3. The van der Waals surface area contributed by atoms with Gasteiger partial charge >= 0.3 is 0 Å². The van der Waals surface area contributed by atoms with Gasteiger partial charge in [-0.15, -0.1) is 0 Å². The van der Waals surface area contributed by atoms with Crippen LogP contribution < -0.4 is 5.32 Å². The van der Waals surface area contributed by atoms with Gasteiger partial charge in [0.25, 0.3) is 5.91 Å². The Labute approximate surface area is 205 Å². The molecule has 0 saturated carbocycles. The molecule has 3 heterocycles. The summed E-state index contributed by atoms with van der Waals surface area (Å²) in [7, 11) is 0. The van der Waals surface area contributed by atoms with Gasteiger partial charge in [-0.2, -0.15) is 0 Å². The first-order valence-corrected chi connectivity index (χ1v) is 12.2. The maximum absolute atomic E-state index is 13.5. The van der Waals surface area contributed by atoms with E-state index in [1.54, 1.807) is 24.5 Å². The second-order valence-electron chi connectivity index (χ2n) is 9.68. The Morgan fingerprint density at radius 3 is 2.54 bits per heavy atom. The van der Waals surface area contributed by atoms with Crippen LogP contribution in [0.5, 0.6) is 0 Å². The van der Waals surface area contributed by atoms with Gasteiger partial charge in [0.05, 0.1) is 24.2 Å². The van der Waals surface area contributed by atoms with Crippen molar-refractivity contribution < 1.29 is 14.3 Å². The zero-order chi connectivity index (χ0) is 24.3. The Kier molecular flexibility index (Phi) is 6.74. The molecule has 2 aromatic carbocycles. The Morgan fingerprint density at radius 1 is 1.03 bits per heavy atom. The average molecular weight is 474 g/mol. The summed E-state index contributed by atoms with van der Waals surface area (Å²) in [6, 6.07) is 15.8. The molecule has 0 aliphatic carbocycles. The largest absolute Gasteiger partial charge is 0.365 e. The van der Waals surface area contributed by atoms with Crippen LogP contribution in [0.15, 0.2) is 60.9 Å². The summed E-state index contributed by atoms with van der Waals surface area (Å²) >= 11 is 0. The van der Waals surface area contributed by atoms with E-state index < -0.39 is 11.5 Å². The second-order valence-corrected chi connectivity index (χ2v) is 9.68. The molecule has 2 saturated heterocycles. The number of hydrogen-bond acceptors (Lipinski definition) is 6. The predicted molar refractivity (Wildman–Crippen MR) is 134 cm³/mol. The second kappa shape index (κ2) is 10.1. The molecule has 1 aromatic heterocycles. The quantitative estimate of drug-likeness (QED) is 0.613. The number of aromatic nitrogens is 2. The van der Waals surface area contributed by atoms with Crippen LogP contribution in [-0.4, -0.2) is 70.5 Å². The van der Waals surface area contributed by atoms with Gasteiger partial charge in [-0.1, -0.05) is 37.3 Å². The molecule has 1 N–H and O–H groups in total. The minimum Gasteiger partial charge on any atom is -0.365 e. The number of piperidine rings is 1. The van der Waals surface area contributed by atoms with E-state index in [0.29, 0.717) is 24.4 Å². The fourth-order valence-corrected chi connectivity index (χ4v) is 4.90. The van der Waals surface area contributed by atoms with E-state index in [-0.39, 0.29) is 18.4 Å². The summed E-state index contributed by atoms with van der Waals surface area (Å²) < 4.78 is 5.74. The first-order valence-electron chi connectivity index (χ1n) is 12.2. The van der Waals surface area contributed by atoms with E-state index in [4.69, 9.17) is 4.74 Å². The molecule has 35 heavy (non-hydrogen) atoms. The molecule has 8 nitrogen and oxygen atoms in total. The van der Waals surface area contributed by atoms with Crippen molar-refractivity contribution >= 4 is 28.5 Å². The summed E-state index contributed by atoms with van der Waals surface area (Å²) in [4.78, 5) is 39.2. The van der Waals surface area contributed by atoms with Crippen molar-refractivity contribution in [1.29, 1.82) is 0 Å². The van der Waals surface area contributed by atoms with Crippen LogP contribution in [0.2, 0.25) is 0 Å². The highest BCUT2D eigenvalue weighted by Gasteiger charge is 2.41. The number of carbonyl (C=O) groups excluding carboxylic acids is 2. The van der Waals surface area contributed by atoms with Crippen LogP contribution in [0.4, 0.5) is 5.69 Å². The predicted octanol–water partition coefficient (Wildman–Crippen LogP) is 3.10. The highest BCUT2D eigenvalue weighted by atomic mass is 16.5. The van der Waals surface area contributed by atoms with Crippen molar-refractivity contribution in [1.82, 2.24) is 19.8 Å². The van der Waals surface area contributed by atoms with Gasteiger partial charge in [0.15, 0.2) is 6.10 Å². The molecule has 0 unspecified atom stereocenters. The Balaban J connectivity index is 1.17. The number of likely N-dealkylation sites (tertiary alicyclic amines) is 1. The van der Waals surface area contributed by atoms with Gasteiger partial charge < -0.3 is 15.0 Å². The third-order valence-electron chi connectivity index (χ3n) is 7.11. The maximum atomic E-state index is 13.5. The third-order valence-corrected chi connectivity index (χ3v) is 7.11. The number of anilines is 1. The zero-order valence-electron chi connectivity index (χ0n) is 20.0. The number of carbonyl (C=O) groups is 2. The van der Waals surface area contributed by atoms with E-state index in [1.807, 2.05) is 17.0 Å². The lowest BCUT2D eigenvalue weighted by atomic mass is 9.78. The number of nitrogens with zero attached hydrogens (tertiary/aromatic N) is 4. The standard InChI is InChI=1S/C27H31N5O3/c1-27(9-13-31(14-10-27)18-20-5-3-2-4-6-20)26(34)32-15-16-35-24(19-32)25(33)30-21-7-8-22-23(17-21)29-12-11-28-22/h2-8,11-12,17,24H,9-10,13-16,18-19H2,1H3,(H,30,33)/t24-/m1/s1. The number of nitrogens with one attached hydrogen (secondary N) is 1. The van der Waals surface area contributed by atoms with Crippen molar-refractivity contribution in [2.45, 2.75) is 32.4 Å². The monoisotopic (exact) mass is 473 g/mol.